The van der Waals surface area contributed by atoms with Crippen molar-refractivity contribution in [3.05, 3.63) is 0 Å². The Morgan fingerprint density at radius 3 is 0.333 bits per heavy atom. The minimum absolute atomic E-state index is 0. The van der Waals surface area contributed by atoms with Gasteiger partial charge in [0.25, 0.3) is 0 Å². The zero-order valence-electron chi connectivity index (χ0n) is 3.22. The largest absolute Gasteiger partial charge is 3.00 e. The quantitative estimate of drug-likeness (QED) is 0.360. The van der Waals surface area contributed by atoms with Crippen LogP contribution in [-0.2, 0) is 112 Å². The molecule has 0 heterocycles. The van der Waals surface area contributed by atoms with Crippen molar-refractivity contribution in [1.82, 2.24) is 0 Å². The predicted molar refractivity (Wildman–Crippen MR) is 26.2 cm³/mol. The normalized spacial score (nSPS) is 0. The van der Waals surface area contributed by atoms with Crippen molar-refractivity contribution in [2.45, 2.75) is 0 Å². The fourth-order valence-corrected chi connectivity index (χ4v) is 0. The first-order chi connectivity index (χ1) is 0. The summed E-state index contributed by atoms with van der Waals surface area (Å²) in [6.45, 7) is 0. The first-order valence-electron chi connectivity index (χ1n) is 0. The Morgan fingerprint density at radius 2 is 0.333 bits per heavy atom. The van der Waals surface area contributed by atoms with Crippen LogP contribution in [0.15, 0.2) is 0 Å². The molecule has 5 radical (unpaired) electrons. The van der Waals surface area contributed by atoms with Gasteiger partial charge in [-0.15, -0.1) is 0 Å². The maximum atomic E-state index is 0. The van der Waals surface area contributed by atoms with Gasteiger partial charge in [-0.1, -0.05) is 0 Å². The molecule has 0 aromatic rings. The zero-order chi connectivity index (χ0) is 0. The molecule has 9 heavy (non-hydrogen) atoms. The molecule has 0 bridgehead atoms. The van der Waals surface area contributed by atoms with Gasteiger partial charge in [-0.25, -0.2) is 0 Å². The van der Waals surface area contributed by atoms with E-state index in [9.17, 15) is 0 Å². The van der Waals surface area contributed by atoms with Crippen molar-refractivity contribution in [3.8, 4) is 0 Å². The van der Waals surface area contributed by atoms with Crippen LogP contribution in [0.1, 0.15) is 0 Å². The van der Waals surface area contributed by atoms with Crippen LogP contribution in [0.2, 0.25) is 0 Å². The Morgan fingerprint density at radius 1 is 0.333 bits per heavy atom. The third-order valence-electron chi connectivity index (χ3n) is 0. The second kappa shape index (κ2) is 83.0. The van der Waals surface area contributed by atoms with Crippen molar-refractivity contribution in [3.63, 3.8) is 0 Å². The zero-order valence-corrected chi connectivity index (χ0v) is 13.3. The molecule has 0 N–H and O–H groups in total. The summed E-state index contributed by atoms with van der Waals surface area (Å²) in [5, 5.41) is 0. The summed E-state index contributed by atoms with van der Waals surface area (Å²) in [6, 6.07) is 0. The Labute approximate surface area is 146 Å². The van der Waals surface area contributed by atoms with E-state index < -0.39 is 0 Å². The molecule has 9 heteroatoms. The number of hydrogen-bond donors (Lipinski definition) is 0. The molecule has 0 amide bonds. The molecule has 0 saturated carbocycles. The third kappa shape index (κ3) is 69.1. The van der Waals surface area contributed by atoms with Gasteiger partial charge in [0, 0.05) is 0 Å². The van der Waals surface area contributed by atoms with Gasteiger partial charge in [-0.05, 0) is 0 Å². The van der Waals surface area contributed by atoms with Gasteiger partial charge >= 0.3 is 85.3 Å². The SMILES string of the molecule is [As-3].[As-3].[Cu+2].[Cu+2].[Cu+2].[Cu+2].[Cu+2].[S-2].[S-2]. The van der Waals surface area contributed by atoms with Crippen LogP contribution in [-0.4, -0.2) is 35.9 Å². The van der Waals surface area contributed by atoms with Crippen LogP contribution in [0.4, 0.5) is 0 Å². The van der Waals surface area contributed by atoms with E-state index in [1.807, 2.05) is 0 Å². The molecule has 0 spiro atoms. The second-order valence-electron chi connectivity index (χ2n) is 0. The van der Waals surface area contributed by atoms with E-state index in [2.05, 4.69) is 0 Å². The van der Waals surface area contributed by atoms with E-state index >= 15 is 0 Å². The van der Waals surface area contributed by atoms with Gasteiger partial charge in [-0.2, -0.15) is 0 Å². The summed E-state index contributed by atoms with van der Waals surface area (Å²) in [6.07, 6.45) is 0. The van der Waals surface area contributed by atoms with Gasteiger partial charge in [0.2, 0.25) is 0 Å². The summed E-state index contributed by atoms with van der Waals surface area (Å²) in [4.78, 5) is 0. The number of hydrogen-bond acceptors (Lipinski definition) is 0. The molecular formula is As2Cu5S2. The van der Waals surface area contributed by atoms with Crippen LogP contribution in [0.25, 0.3) is 0 Å². The van der Waals surface area contributed by atoms with Crippen LogP contribution in [0, 0.1) is 0 Å². The summed E-state index contributed by atoms with van der Waals surface area (Å²) < 4.78 is 0. The van der Waals surface area contributed by atoms with E-state index in [0.29, 0.717) is 0 Å². The molecule has 0 aliphatic carbocycles. The predicted octanol–water partition coefficient (Wildman–Crippen LogP) is -0.779. The topological polar surface area (TPSA) is 0 Å². The molecule has 0 aromatic carbocycles. The van der Waals surface area contributed by atoms with Crippen molar-refractivity contribution < 1.29 is 85.3 Å². The molecule has 0 aliphatic heterocycles. The molecule has 0 saturated heterocycles. The Hall–Kier alpha value is 4.41. The Balaban J connectivity index is 0. The summed E-state index contributed by atoms with van der Waals surface area (Å²) in [5.41, 5.74) is 0. The second-order valence-corrected chi connectivity index (χ2v) is 0. The molecule has 0 nitrogen and oxygen atoms in total. The Kier molecular flexibility index (Phi) is 978. The molecule has 0 atom stereocenters. The average Bonchev–Trinajstić information content (AvgIpc) is 0. The summed E-state index contributed by atoms with van der Waals surface area (Å²) in [7, 11) is 0. The van der Waals surface area contributed by atoms with Gasteiger partial charge in [0.05, 0.1) is 0 Å². The fraction of sp³-hybridized carbons (Fsp3) is 0. The van der Waals surface area contributed by atoms with E-state index in [-0.39, 0.29) is 148 Å². The summed E-state index contributed by atoms with van der Waals surface area (Å²) in [5.74, 6) is 0. The van der Waals surface area contributed by atoms with Gasteiger partial charge < -0.3 is 62.9 Å². The van der Waals surface area contributed by atoms with Crippen molar-refractivity contribution in [2.24, 2.45) is 0 Å². The van der Waals surface area contributed by atoms with Gasteiger partial charge in [0.1, 0.15) is 0 Å². The van der Waals surface area contributed by atoms with Gasteiger partial charge in [0.15, 0.2) is 0 Å². The standard InChI is InChI=1S/2As.5Cu.2S/q2*-3;5*+2;2*-2. The summed E-state index contributed by atoms with van der Waals surface area (Å²) >= 11 is 0. The van der Waals surface area contributed by atoms with E-state index in [4.69, 9.17) is 0 Å². The smallest absolute Gasteiger partial charge is 2.00 e. The van der Waals surface area contributed by atoms with Crippen LogP contribution in [0.5, 0.6) is 0 Å². The first-order valence-corrected chi connectivity index (χ1v) is 0. The van der Waals surface area contributed by atoms with Gasteiger partial charge in [-0.3, -0.25) is 0 Å². The first kappa shape index (κ1) is 106. The van der Waals surface area contributed by atoms with Crippen molar-refractivity contribution >= 4 is 62.9 Å². The molecule has 0 aromatic heterocycles. The van der Waals surface area contributed by atoms with Crippen LogP contribution in [0.3, 0.4) is 0 Å². The molecule has 0 aliphatic rings. The third-order valence-corrected chi connectivity index (χ3v) is 0. The monoisotopic (exact) mass is 528 g/mol. The van der Waals surface area contributed by atoms with E-state index in [1.165, 1.54) is 0 Å². The van der Waals surface area contributed by atoms with Crippen LogP contribution >= 0.6 is 0 Å². The minimum atomic E-state index is 0. The van der Waals surface area contributed by atoms with E-state index in [0.717, 1.165) is 0 Å². The fourth-order valence-electron chi connectivity index (χ4n) is 0. The van der Waals surface area contributed by atoms with E-state index in [1.54, 1.807) is 0 Å². The maximum absolute atomic E-state index is 0. The molecule has 0 rings (SSSR count). The molecular weight excluding hydrogens is 532 g/mol. The van der Waals surface area contributed by atoms with Crippen LogP contribution < -0.4 is 0 Å². The average molecular weight is 532 g/mol. The molecule has 0 fully saturated rings. The molecule has 0 unspecified atom stereocenters. The minimum Gasteiger partial charge on any atom is -3.00 e. The maximum Gasteiger partial charge on any atom is 2.00 e. The van der Waals surface area contributed by atoms with Crippen molar-refractivity contribution in [1.29, 1.82) is 0 Å². The van der Waals surface area contributed by atoms with Crippen molar-refractivity contribution in [2.75, 3.05) is 0 Å². The Bertz CT molecular complexity index is 12.9. The molecule has 77 valence electrons. The number of rotatable bonds is 0.